The molecule has 2 aliphatic rings. The smallest absolute Gasteiger partial charge is 0.486 e. The van der Waals surface area contributed by atoms with Gasteiger partial charge < -0.3 is 18.9 Å². The molecule has 0 N–H and O–H groups in total. The highest BCUT2D eigenvalue weighted by atomic mass is 32.2. The minimum absolute atomic E-state index is 0.119. The standard InChI is InChI=1S/C47H46N8O5S2/c1-33-27-39(59-31-43-50-52-45(61-41-15-3-4-16-41)54(43)37-13-7-23-48-29-37)21-19-35(33)11-9-25-57-47(56)58-26-10-12-36-20-22-40(28-34(36)2)60-32-44-51-53-46(62-42-17-5-6-18-42)55(44)38-14-8-24-49-30-38/h7-8,13-14,19-24,27-30,41-42H,3-6,15-18,25-26,31-32H2,1-2H3/i3D2,4D2,5D2,6D2,15D2,16D2,17D2,18D2,41D,42D. The van der Waals surface area contributed by atoms with Gasteiger partial charge in [0.05, 0.1) is 23.8 Å². The van der Waals surface area contributed by atoms with Crippen molar-refractivity contribution >= 4 is 29.7 Å². The molecular formula is C47H46N8O5S2. The van der Waals surface area contributed by atoms with E-state index in [1.807, 2.05) is 0 Å². The average molecular weight is 885 g/mol. The third-order valence-corrected chi connectivity index (χ3v) is 10.2. The number of rotatable bonds is 14. The molecule has 316 valence electrons. The van der Waals surface area contributed by atoms with Gasteiger partial charge in [-0.25, -0.2) is 4.79 Å². The van der Waals surface area contributed by atoms with Gasteiger partial charge in [0.15, 0.2) is 35.2 Å². The molecule has 0 unspecified atom stereocenters. The summed E-state index contributed by atoms with van der Waals surface area (Å²) in [7, 11) is 0. The first-order valence-electron chi connectivity index (χ1n) is 27.5. The Morgan fingerprint density at radius 2 is 1.15 bits per heavy atom. The number of ether oxygens (including phenoxy) is 4. The number of hydrogen-bond donors (Lipinski definition) is 0. The van der Waals surface area contributed by atoms with Crippen molar-refractivity contribution in [3.8, 4) is 46.6 Å². The number of carbonyl (C=O) groups is 1. The van der Waals surface area contributed by atoms with Gasteiger partial charge >= 0.3 is 6.16 Å². The van der Waals surface area contributed by atoms with Gasteiger partial charge in [-0.05, 0) is 111 Å². The van der Waals surface area contributed by atoms with Crippen LogP contribution in [0.4, 0.5) is 4.79 Å². The number of aryl methyl sites for hydroxylation is 2. The lowest BCUT2D eigenvalue weighted by atomic mass is 10.1. The molecule has 0 saturated heterocycles. The van der Waals surface area contributed by atoms with Crippen LogP contribution in [-0.2, 0) is 22.7 Å². The van der Waals surface area contributed by atoms with Crippen LogP contribution in [-0.4, -0.2) is 69.3 Å². The summed E-state index contributed by atoms with van der Waals surface area (Å²) < 4.78 is 176. The SMILES string of the molecule is [2H]C1([2H])C([2H])([2H])C([2H])([2H])C([2H])(Sc2nnc(COc3ccc(C#CCOC(=O)OCC#Cc4ccc(OCc5nnc(SC6([2H])C([2H])([2H])C([2H])([2H])C([2H])([2H])C6([2H])[2H])n5-c5cccnc5)cc4C)c(C)c3)n2-c2cccnc2)C1([2H])[2H]. The minimum atomic E-state index is -3.39. The second kappa shape index (κ2) is 21.0. The van der Waals surface area contributed by atoms with Gasteiger partial charge in [0.1, 0.15) is 24.7 Å². The molecule has 15 heteroatoms. The van der Waals surface area contributed by atoms with E-state index >= 15 is 0 Å². The summed E-state index contributed by atoms with van der Waals surface area (Å²) in [6, 6.07) is 16.3. The summed E-state index contributed by atoms with van der Waals surface area (Å²) in [6.45, 7) is 2.40. The Hall–Kier alpha value is -6.29. The van der Waals surface area contributed by atoms with Gasteiger partial charge in [-0.15, -0.1) is 20.4 Å². The number of pyridine rings is 2. The van der Waals surface area contributed by atoms with E-state index in [2.05, 4.69) is 54.0 Å². The number of carbonyl (C=O) groups excluding carboxylic acids is 1. The van der Waals surface area contributed by atoms with E-state index in [9.17, 15) is 4.79 Å². The Morgan fingerprint density at radius 1 is 0.694 bits per heavy atom. The zero-order chi connectivity index (χ0) is 58.7. The highest BCUT2D eigenvalue weighted by Gasteiger charge is 2.24. The van der Waals surface area contributed by atoms with Gasteiger partial charge in [0, 0.05) is 58.6 Å². The first kappa shape index (κ1) is 25.6. The van der Waals surface area contributed by atoms with Crippen molar-refractivity contribution in [3.63, 3.8) is 0 Å². The number of aromatic nitrogens is 8. The first-order valence-corrected chi connectivity index (χ1v) is 20.2. The van der Waals surface area contributed by atoms with Crippen molar-refractivity contribution in [1.82, 2.24) is 39.5 Å². The van der Waals surface area contributed by atoms with E-state index in [0.29, 0.717) is 45.1 Å². The highest BCUT2D eigenvalue weighted by Crippen LogP contribution is 2.36. The van der Waals surface area contributed by atoms with Gasteiger partial charge in [-0.3, -0.25) is 19.1 Å². The van der Waals surface area contributed by atoms with Crippen LogP contribution in [0.2, 0.25) is 0 Å². The molecule has 2 aromatic carbocycles. The second-order valence-corrected chi connectivity index (χ2v) is 14.7. The van der Waals surface area contributed by atoms with E-state index in [4.69, 9.17) is 43.6 Å². The molecular weight excluding hydrogens is 821 g/mol. The fourth-order valence-electron chi connectivity index (χ4n) is 5.63. The molecule has 0 aliphatic heterocycles. The molecule has 0 amide bonds. The van der Waals surface area contributed by atoms with Gasteiger partial charge in [-0.1, -0.05) is 72.7 Å². The Kier molecular flexibility index (Phi) is 8.67. The summed E-state index contributed by atoms with van der Waals surface area (Å²) in [4.78, 5) is 20.5. The quantitative estimate of drug-likeness (QED) is 0.0760. The lowest BCUT2D eigenvalue weighted by molar-refractivity contribution is 0.0745. The molecule has 2 fully saturated rings. The Labute approximate surface area is 395 Å². The molecule has 4 aromatic heterocycles. The van der Waals surface area contributed by atoms with Crippen molar-refractivity contribution in [2.75, 3.05) is 13.2 Å². The van der Waals surface area contributed by atoms with Gasteiger partial charge in [0.2, 0.25) is 0 Å². The summed E-state index contributed by atoms with van der Waals surface area (Å²) in [5, 5.41) is 9.84. The third kappa shape index (κ3) is 11.1. The van der Waals surface area contributed by atoms with Crippen LogP contribution >= 0.6 is 23.5 Å². The third-order valence-electron chi connectivity index (χ3n) is 8.53. The average Bonchev–Trinajstić information content (AvgIpc) is 4.20. The largest absolute Gasteiger partial charge is 0.510 e. The molecule has 6 aromatic rings. The summed E-state index contributed by atoms with van der Waals surface area (Å²) >= 11 is 0.415. The van der Waals surface area contributed by atoms with Crippen LogP contribution in [0.15, 0.2) is 95.8 Å². The number of hydrogen-bond acceptors (Lipinski definition) is 13. The van der Waals surface area contributed by atoms with Crippen molar-refractivity contribution in [2.45, 2.75) is 98.8 Å². The maximum Gasteiger partial charge on any atom is 0.510 e. The van der Waals surface area contributed by atoms with E-state index < -0.39 is 67.6 Å². The van der Waals surface area contributed by atoms with Gasteiger partial charge in [-0.2, -0.15) is 0 Å². The van der Waals surface area contributed by atoms with E-state index in [0.717, 1.165) is 0 Å². The van der Waals surface area contributed by atoms with Crippen molar-refractivity contribution in [3.05, 3.63) is 119 Å². The van der Waals surface area contributed by atoms with Crippen molar-refractivity contribution < 1.29 is 48.4 Å². The van der Waals surface area contributed by atoms with E-state index in [1.165, 1.54) is 33.9 Å². The van der Waals surface area contributed by atoms with Crippen molar-refractivity contribution in [1.29, 1.82) is 0 Å². The molecule has 62 heavy (non-hydrogen) atoms. The van der Waals surface area contributed by atoms with Crippen LogP contribution in [0.1, 0.15) is 110 Å². The topological polar surface area (TPSA) is 141 Å². The lowest BCUT2D eigenvalue weighted by Crippen LogP contribution is -2.08. The number of thioether (sulfide) groups is 2. The maximum atomic E-state index is 12.3. The van der Waals surface area contributed by atoms with Crippen LogP contribution in [0.3, 0.4) is 0 Å². The Balaban J connectivity index is 0.840. The van der Waals surface area contributed by atoms with Crippen LogP contribution in [0.5, 0.6) is 11.5 Å². The zero-order valence-corrected chi connectivity index (χ0v) is 34.5. The molecule has 13 nitrogen and oxygen atoms in total. The van der Waals surface area contributed by atoms with Crippen LogP contribution in [0.25, 0.3) is 11.4 Å². The molecule has 0 bridgehead atoms. The Bertz CT molecular complexity index is 3180. The number of benzene rings is 2. The summed E-state index contributed by atoms with van der Waals surface area (Å²) in [5.74, 6) is 12.3. The summed E-state index contributed by atoms with van der Waals surface area (Å²) in [6.07, 6.45) is -22.2. The minimum Gasteiger partial charge on any atom is -0.486 e. The fraction of sp³-hybridized carbons (Fsp3) is 0.340. The van der Waals surface area contributed by atoms with Gasteiger partial charge in [0.25, 0.3) is 0 Å². The zero-order valence-electron chi connectivity index (χ0n) is 50.8. The second-order valence-electron chi connectivity index (χ2n) is 12.7. The maximum absolute atomic E-state index is 12.3. The van der Waals surface area contributed by atoms with Crippen molar-refractivity contribution in [2.24, 2.45) is 0 Å². The normalized spacial score (nSPS) is 25.6. The summed E-state index contributed by atoms with van der Waals surface area (Å²) in [5.41, 5.74) is 3.16. The van der Waals surface area contributed by atoms with Crippen LogP contribution in [0, 0.1) is 37.5 Å². The molecule has 0 spiro atoms. The molecule has 2 saturated carbocycles. The molecule has 2 aliphatic carbocycles. The lowest BCUT2D eigenvalue weighted by Gasteiger charge is -2.13. The highest BCUT2D eigenvalue weighted by molar-refractivity contribution is 8.00. The first-order chi connectivity index (χ1) is 37.2. The van der Waals surface area contributed by atoms with E-state index in [1.54, 1.807) is 74.5 Å². The number of nitrogens with zero attached hydrogens (tertiary/aromatic N) is 8. The molecule has 4 heterocycles. The molecule has 0 atom stereocenters. The fourth-order valence-corrected chi connectivity index (χ4v) is 7.17. The predicted octanol–water partition coefficient (Wildman–Crippen LogP) is 9.04. The monoisotopic (exact) mass is 884 g/mol. The van der Waals surface area contributed by atoms with E-state index in [-0.39, 0.29) is 71.9 Å². The predicted molar refractivity (Wildman–Crippen MR) is 237 cm³/mol. The van der Waals surface area contributed by atoms with Crippen LogP contribution < -0.4 is 9.47 Å². The Morgan fingerprint density at radius 3 is 1.55 bits per heavy atom. The molecule has 8 rings (SSSR count). The molecule has 0 radical (unpaired) electrons.